The van der Waals surface area contributed by atoms with Crippen LogP contribution in [0, 0.1) is 0 Å². The highest BCUT2D eigenvalue weighted by molar-refractivity contribution is 5.76. The Labute approximate surface area is 353 Å². The molecule has 0 spiro atoms. The Kier molecular flexibility index (Phi) is 44.7. The lowest BCUT2D eigenvalue weighted by molar-refractivity contribution is -0.143. The summed E-state index contributed by atoms with van der Waals surface area (Å²) in [6.45, 7) is 4.79. The minimum absolute atomic E-state index is 0.0299. The summed E-state index contributed by atoms with van der Waals surface area (Å²) in [4.78, 5) is 24.4. The molecule has 332 valence electrons. The lowest BCUT2D eigenvalue weighted by atomic mass is 10.0. The molecule has 0 aliphatic carbocycles. The molecule has 6 nitrogen and oxygen atoms in total. The summed E-state index contributed by atoms with van der Waals surface area (Å²) < 4.78 is 5.44. The van der Waals surface area contributed by atoms with Gasteiger partial charge in [0.2, 0.25) is 5.91 Å². The Balaban J connectivity index is 3.56. The van der Waals surface area contributed by atoms with Crippen LogP contribution in [0.2, 0.25) is 0 Å². The molecule has 0 aromatic rings. The van der Waals surface area contributed by atoms with E-state index < -0.39 is 12.1 Å². The molecule has 0 aromatic heterocycles. The molecule has 2 atom stereocenters. The number of carbonyl (C=O) groups is 2. The van der Waals surface area contributed by atoms with Crippen molar-refractivity contribution in [1.29, 1.82) is 0 Å². The van der Waals surface area contributed by atoms with Gasteiger partial charge in [-0.1, -0.05) is 191 Å². The van der Waals surface area contributed by atoms with Crippen molar-refractivity contribution in [2.75, 3.05) is 13.2 Å². The van der Waals surface area contributed by atoms with E-state index in [1.165, 1.54) is 128 Å². The number of amides is 1. The van der Waals surface area contributed by atoms with Crippen LogP contribution in [0.25, 0.3) is 0 Å². The van der Waals surface area contributed by atoms with Crippen LogP contribution >= 0.6 is 0 Å². The van der Waals surface area contributed by atoms with Gasteiger partial charge in [-0.15, -0.1) is 0 Å². The Morgan fingerprint density at radius 2 is 0.895 bits per heavy atom. The van der Waals surface area contributed by atoms with Crippen LogP contribution in [0.4, 0.5) is 0 Å². The average Bonchev–Trinajstić information content (AvgIpc) is 3.21. The molecule has 0 bridgehead atoms. The third-order valence-corrected chi connectivity index (χ3v) is 10.8. The van der Waals surface area contributed by atoms with Crippen LogP contribution in [0.1, 0.15) is 239 Å². The first kappa shape index (κ1) is 54.8. The zero-order valence-corrected chi connectivity index (χ0v) is 37.6. The normalized spacial score (nSPS) is 13.1. The van der Waals surface area contributed by atoms with Gasteiger partial charge in [0.15, 0.2) is 0 Å². The van der Waals surface area contributed by atoms with Crippen LogP contribution in [-0.2, 0) is 14.3 Å². The number of hydrogen-bond donors (Lipinski definition) is 3. The molecule has 0 aliphatic rings. The van der Waals surface area contributed by atoms with Gasteiger partial charge in [0.25, 0.3) is 0 Å². The molecule has 57 heavy (non-hydrogen) atoms. The number of unbranched alkanes of at least 4 members (excludes halogenated alkanes) is 27. The zero-order chi connectivity index (χ0) is 41.5. The van der Waals surface area contributed by atoms with Crippen molar-refractivity contribution in [2.45, 2.75) is 251 Å². The highest BCUT2D eigenvalue weighted by atomic mass is 16.5. The van der Waals surface area contributed by atoms with Crippen molar-refractivity contribution in [3.63, 3.8) is 0 Å². The first-order valence-corrected chi connectivity index (χ1v) is 24.4. The molecule has 0 aliphatic heterocycles. The van der Waals surface area contributed by atoms with E-state index in [0.29, 0.717) is 19.4 Å². The van der Waals surface area contributed by atoms with E-state index in [9.17, 15) is 19.8 Å². The maximum atomic E-state index is 12.4. The largest absolute Gasteiger partial charge is 0.466 e. The number of carbonyl (C=O) groups excluding carboxylic acids is 2. The lowest BCUT2D eigenvalue weighted by Crippen LogP contribution is -2.45. The number of ether oxygens (including phenoxy) is 1. The smallest absolute Gasteiger partial charge is 0.305 e. The van der Waals surface area contributed by atoms with E-state index in [-0.39, 0.29) is 18.5 Å². The molecule has 0 fully saturated rings. The molecule has 0 aromatic carbocycles. The second kappa shape index (κ2) is 46.5. The molecule has 1 amide bonds. The van der Waals surface area contributed by atoms with Gasteiger partial charge in [0, 0.05) is 12.8 Å². The minimum atomic E-state index is -0.862. The Morgan fingerprint density at radius 1 is 0.491 bits per heavy atom. The van der Waals surface area contributed by atoms with E-state index in [0.717, 1.165) is 83.5 Å². The Hall–Kier alpha value is -2.18. The van der Waals surface area contributed by atoms with Crippen molar-refractivity contribution in [3.8, 4) is 0 Å². The SMILES string of the molecule is CCCC/C=C\C/C=C\CCCCCCCC(=O)OCCCCCCCC/C=C\CCCCCC(=O)NC(CO)C(O)/C=C/CCCCCCCCCCCCC. The number of hydrogen-bond acceptors (Lipinski definition) is 5. The maximum Gasteiger partial charge on any atom is 0.305 e. The van der Waals surface area contributed by atoms with Crippen molar-refractivity contribution in [1.82, 2.24) is 5.32 Å². The number of aliphatic hydroxyl groups is 2. The number of esters is 1. The third-order valence-electron chi connectivity index (χ3n) is 10.8. The van der Waals surface area contributed by atoms with Crippen LogP contribution in [0.3, 0.4) is 0 Å². The molecule has 0 saturated carbocycles. The highest BCUT2D eigenvalue weighted by Crippen LogP contribution is 2.14. The first-order chi connectivity index (χ1) is 28.0. The summed E-state index contributed by atoms with van der Waals surface area (Å²) >= 11 is 0. The summed E-state index contributed by atoms with van der Waals surface area (Å²) in [7, 11) is 0. The van der Waals surface area contributed by atoms with Gasteiger partial charge in [-0.25, -0.2) is 0 Å². The predicted molar refractivity (Wildman–Crippen MR) is 245 cm³/mol. The predicted octanol–water partition coefficient (Wildman–Crippen LogP) is 14.3. The Bertz CT molecular complexity index is 973. The summed E-state index contributed by atoms with van der Waals surface area (Å²) in [5.74, 6) is -0.131. The molecule has 6 heteroatoms. The van der Waals surface area contributed by atoms with E-state index in [4.69, 9.17) is 4.74 Å². The molecule has 2 unspecified atom stereocenters. The van der Waals surface area contributed by atoms with E-state index in [1.807, 2.05) is 6.08 Å². The average molecular weight is 800 g/mol. The van der Waals surface area contributed by atoms with Gasteiger partial charge in [-0.2, -0.15) is 0 Å². The van der Waals surface area contributed by atoms with Crippen molar-refractivity contribution in [3.05, 3.63) is 48.6 Å². The monoisotopic (exact) mass is 800 g/mol. The zero-order valence-electron chi connectivity index (χ0n) is 37.6. The lowest BCUT2D eigenvalue weighted by Gasteiger charge is -2.19. The fourth-order valence-electron chi connectivity index (χ4n) is 6.99. The Morgan fingerprint density at radius 3 is 1.42 bits per heavy atom. The van der Waals surface area contributed by atoms with Gasteiger partial charge in [-0.05, 0) is 83.5 Å². The maximum absolute atomic E-state index is 12.4. The van der Waals surface area contributed by atoms with Gasteiger partial charge >= 0.3 is 5.97 Å². The van der Waals surface area contributed by atoms with Crippen molar-refractivity contribution < 1.29 is 24.5 Å². The van der Waals surface area contributed by atoms with E-state index in [1.54, 1.807) is 6.08 Å². The first-order valence-electron chi connectivity index (χ1n) is 24.4. The number of nitrogens with one attached hydrogen (secondary N) is 1. The highest BCUT2D eigenvalue weighted by Gasteiger charge is 2.18. The van der Waals surface area contributed by atoms with Crippen LogP contribution < -0.4 is 5.32 Å². The molecule has 0 saturated heterocycles. The van der Waals surface area contributed by atoms with Crippen LogP contribution in [0.5, 0.6) is 0 Å². The number of aliphatic hydroxyl groups excluding tert-OH is 2. The molecule has 3 N–H and O–H groups in total. The summed E-state index contributed by atoms with van der Waals surface area (Å²) in [5, 5.41) is 23.0. The van der Waals surface area contributed by atoms with E-state index in [2.05, 4.69) is 55.6 Å². The van der Waals surface area contributed by atoms with Crippen LogP contribution in [-0.4, -0.2) is 47.4 Å². The molecular weight excluding hydrogens is 707 g/mol. The fraction of sp³-hybridized carbons (Fsp3) is 0.804. The quantitative estimate of drug-likeness (QED) is 0.0324. The van der Waals surface area contributed by atoms with Crippen molar-refractivity contribution >= 4 is 11.9 Å². The van der Waals surface area contributed by atoms with E-state index >= 15 is 0 Å². The van der Waals surface area contributed by atoms with Crippen LogP contribution in [0.15, 0.2) is 48.6 Å². The molecule has 0 rings (SSSR count). The third kappa shape index (κ3) is 43.2. The summed E-state index contributed by atoms with van der Waals surface area (Å²) in [6.07, 6.45) is 56.7. The molecular formula is C51H93NO5. The topological polar surface area (TPSA) is 95.9 Å². The molecule has 0 heterocycles. The molecule has 0 radical (unpaired) electrons. The second-order valence-corrected chi connectivity index (χ2v) is 16.4. The standard InChI is InChI=1S/C51H93NO5/c1-3-5-7-9-11-13-15-17-21-25-29-33-37-41-45-51(56)57-46-42-38-34-30-26-22-18-20-24-28-32-36-40-44-50(55)52-48(47-53)49(54)43-39-35-31-27-23-19-16-14-12-10-8-6-4-2/h9,11,15,17,20,24,39,43,48-49,53-54H,3-8,10,12-14,16,18-19,21-23,25-38,40-42,44-47H2,1-2H3,(H,52,55)/b11-9-,17-15-,24-20-,43-39+. The van der Waals surface area contributed by atoms with Gasteiger partial charge < -0.3 is 20.3 Å². The number of allylic oxidation sites excluding steroid dienone is 7. The minimum Gasteiger partial charge on any atom is -0.466 e. The van der Waals surface area contributed by atoms with Gasteiger partial charge in [-0.3, -0.25) is 9.59 Å². The van der Waals surface area contributed by atoms with Crippen molar-refractivity contribution in [2.24, 2.45) is 0 Å². The number of rotatable bonds is 44. The second-order valence-electron chi connectivity index (χ2n) is 16.4. The fourth-order valence-corrected chi connectivity index (χ4v) is 6.99. The summed E-state index contributed by atoms with van der Waals surface area (Å²) in [5.41, 5.74) is 0. The van der Waals surface area contributed by atoms with Gasteiger partial charge in [0.05, 0.1) is 25.4 Å². The van der Waals surface area contributed by atoms with Gasteiger partial charge in [0.1, 0.15) is 0 Å². The summed E-state index contributed by atoms with van der Waals surface area (Å²) in [6, 6.07) is -0.648.